The van der Waals surface area contributed by atoms with E-state index < -0.39 is 0 Å². The Hall–Kier alpha value is -3.74. The van der Waals surface area contributed by atoms with Crippen molar-refractivity contribution in [3.63, 3.8) is 0 Å². The maximum Gasteiger partial charge on any atom is 0.255 e. The van der Waals surface area contributed by atoms with Crippen molar-refractivity contribution in [3.05, 3.63) is 78.4 Å². The summed E-state index contributed by atoms with van der Waals surface area (Å²) in [7, 11) is 0. The Morgan fingerprint density at radius 2 is 1.96 bits per heavy atom. The van der Waals surface area contributed by atoms with E-state index in [-0.39, 0.29) is 5.91 Å². The molecule has 2 heterocycles. The van der Waals surface area contributed by atoms with E-state index in [1.165, 1.54) is 0 Å². The molecule has 2 aromatic heterocycles. The second kappa shape index (κ2) is 6.64. The van der Waals surface area contributed by atoms with Crippen molar-refractivity contribution in [2.24, 2.45) is 0 Å². The smallest absolute Gasteiger partial charge is 0.255 e. The molecule has 0 aliphatic heterocycles. The van der Waals surface area contributed by atoms with Crippen molar-refractivity contribution in [1.82, 2.24) is 19.9 Å². The summed E-state index contributed by atoms with van der Waals surface area (Å²) in [5, 5.41) is 11.0. The third-order valence-corrected chi connectivity index (χ3v) is 3.81. The number of hydrogen-bond donors (Lipinski definition) is 1. The van der Waals surface area contributed by atoms with Gasteiger partial charge in [-0.3, -0.25) is 4.79 Å². The van der Waals surface area contributed by atoms with Crippen LogP contribution in [-0.4, -0.2) is 25.8 Å². The largest absolute Gasteiger partial charge is 0.339 e. The molecule has 0 spiro atoms. The second-order valence-electron chi connectivity index (χ2n) is 5.67. The van der Waals surface area contributed by atoms with Crippen molar-refractivity contribution in [3.8, 4) is 17.1 Å². The molecule has 4 rings (SSSR count). The van der Waals surface area contributed by atoms with Crippen LogP contribution in [-0.2, 0) is 0 Å². The summed E-state index contributed by atoms with van der Waals surface area (Å²) in [5.41, 5.74) is 2.90. The highest BCUT2D eigenvalue weighted by Gasteiger charge is 2.10. The molecule has 26 heavy (non-hydrogen) atoms. The maximum absolute atomic E-state index is 12.5. The highest BCUT2D eigenvalue weighted by Crippen LogP contribution is 2.18. The first-order valence-corrected chi connectivity index (χ1v) is 8.01. The van der Waals surface area contributed by atoms with Gasteiger partial charge >= 0.3 is 0 Å². The Bertz CT molecular complexity index is 1040. The monoisotopic (exact) mass is 345 g/mol. The molecule has 0 aliphatic carbocycles. The fraction of sp³-hybridized carbons (Fsp3) is 0.0526. The first-order chi connectivity index (χ1) is 12.7. The molecule has 7 heteroatoms. The summed E-state index contributed by atoms with van der Waals surface area (Å²) in [6.45, 7) is 1.73. The van der Waals surface area contributed by atoms with Gasteiger partial charge in [0.1, 0.15) is 0 Å². The van der Waals surface area contributed by atoms with Crippen LogP contribution >= 0.6 is 0 Å². The van der Waals surface area contributed by atoms with Gasteiger partial charge in [-0.15, -0.1) is 0 Å². The fourth-order valence-corrected chi connectivity index (χ4v) is 2.54. The molecule has 0 fully saturated rings. The molecule has 0 saturated carbocycles. The molecule has 128 valence electrons. The SMILES string of the molecule is Cc1nc(-c2ccc(C(=O)Nc3cccc(-n4cccn4)c3)cc2)no1. The van der Waals surface area contributed by atoms with Crippen molar-refractivity contribution in [1.29, 1.82) is 0 Å². The lowest BCUT2D eigenvalue weighted by molar-refractivity contribution is 0.102. The quantitative estimate of drug-likeness (QED) is 0.612. The molecule has 0 radical (unpaired) electrons. The van der Waals surface area contributed by atoms with Crippen LogP contribution in [0.2, 0.25) is 0 Å². The van der Waals surface area contributed by atoms with Gasteiger partial charge < -0.3 is 9.84 Å². The number of rotatable bonds is 4. The van der Waals surface area contributed by atoms with Crippen LogP contribution in [0.1, 0.15) is 16.2 Å². The number of amides is 1. The molecule has 0 unspecified atom stereocenters. The predicted molar refractivity (Wildman–Crippen MR) is 96.0 cm³/mol. The average molecular weight is 345 g/mol. The molecule has 2 aromatic carbocycles. The van der Waals surface area contributed by atoms with Gasteiger partial charge in [0, 0.05) is 36.1 Å². The van der Waals surface area contributed by atoms with Gasteiger partial charge in [0.15, 0.2) is 0 Å². The molecule has 7 nitrogen and oxygen atoms in total. The second-order valence-corrected chi connectivity index (χ2v) is 5.67. The fourth-order valence-electron chi connectivity index (χ4n) is 2.54. The van der Waals surface area contributed by atoms with Crippen LogP contribution in [0.25, 0.3) is 17.1 Å². The topological polar surface area (TPSA) is 85.8 Å². The number of anilines is 1. The van der Waals surface area contributed by atoms with Crippen molar-refractivity contribution >= 4 is 11.6 Å². The van der Waals surface area contributed by atoms with Crippen LogP contribution in [0.3, 0.4) is 0 Å². The van der Waals surface area contributed by atoms with Crippen molar-refractivity contribution in [2.45, 2.75) is 6.92 Å². The summed E-state index contributed by atoms with van der Waals surface area (Å²) in [6.07, 6.45) is 3.55. The zero-order valence-corrected chi connectivity index (χ0v) is 14.0. The number of nitrogens with zero attached hydrogens (tertiary/aromatic N) is 4. The van der Waals surface area contributed by atoms with Crippen LogP contribution in [0.15, 0.2) is 71.5 Å². The maximum atomic E-state index is 12.5. The normalized spacial score (nSPS) is 10.7. The summed E-state index contributed by atoms with van der Waals surface area (Å²) < 4.78 is 6.70. The summed E-state index contributed by atoms with van der Waals surface area (Å²) in [5.74, 6) is 0.804. The molecular weight excluding hydrogens is 330 g/mol. The molecule has 1 amide bonds. The molecule has 4 aromatic rings. The number of carbonyl (C=O) groups is 1. The van der Waals surface area contributed by atoms with Gasteiger partial charge in [-0.1, -0.05) is 23.4 Å². The van der Waals surface area contributed by atoms with E-state index in [2.05, 4.69) is 20.6 Å². The molecule has 0 atom stereocenters. The third kappa shape index (κ3) is 3.23. The Balaban J connectivity index is 1.51. The van der Waals surface area contributed by atoms with Gasteiger partial charge in [0.25, 0.3) is 5.91 Å². The lowest BCUT2D eigenvalue weighted by Crippen LogP contribution is -2.12. The van der Waals surface area contributed by atoms with Crippen LogP contribution in [0, 0.1) is 6.92 Å². The van der Waals surface area contributed by atoms with E-state index in [0.717, 1.165) is 11.3 Å². The van der Waals surface area contributed by atoms with Crippen LogP contribution < -0.4 is 5.32 Å². The van der Waals surface area contributed by atoms with Crippen LogP contribution in [0.4, 0.5) is 5.69 Å². The van der Waals surface area contributed by atoms with Gasteiger partial charge in [-0.2, -0.15) is 10.1 Å². The number of benzene rings is 2. The van der Waals surface area contributed by atoms with Gasteiger partial charge in [0.2, 0.25) is 11.7 Å². The highest BCUT2D eigenvalue weighted by molar-refractivity contribution is 6.04. The summed E-state index contributed by atoms with van der Waals surface area (Å²) in [6, 6.07) is 16.4. The number of aryl methyl sites for hydroxylation is 1. The standard InChI is InChI=1S/C19H15N5O2/c1-13-21-18(23-26-13)14-6-8-15(9-7-14)19(25)22-16-4-2-5-17(12-16)24-11-3-10-20-24/h2-12H,1H3,(H,22,25). The Labute approximate surface area is 149 Å². The molecule has 0 bridgehead atoms. The molecular formula is C19H15N5O2. The highest BCUT2D eigenvalue weighted by atomic mass is 16.5. The Morgan fingerprint density at radius 1 is 1.12 bits per heavy atom. The zero-order chi connectivity index (χ0) is 17.9. The van der Waals surface area contributed by atoms with Gasteiger partial charge in [-0.25, -0.2) is 4.68 Å². The van der Waals surface area contributed by atoms with Gasteiger partial charge in [-0.05, 0) is 36.4 Å². The molecule has 1 N–H and O–H groups in total. The molecule has 0 saturated heterocycles. The Morgan fingerprint density at radius 3 is 2.65 bits per heavy atom. The van der Waals surface area contributed by atoms with E-state index >= 15 is 0 Å². The minimum Gasteiger partial charge on any atom is -0.339 e. The van der Waals surface area contributed by atoms with E-state index in [1.54, 1.807) is 42.1 Å². The summed E-state index contributed by atoms with van der Waals surface area (Å²) >= 11 is 0. The predicted octanol–water partition coefficient (Wildman–Crippen LogP) is 3.48. The molecule has 0 aliphatic rings. The zero-order valence-electron chi connectivity index (χ0n) is 14.0. The van der Waals surface area contributed by atoms with E-state index in [0.29, 0.717) is 23.0 Å². The lowest BCUT2D eigenvalue weighted by atomic mass is 10.1. The number of hydrogen-bond acceptors (Lipinski definition) is 5. The van der Waals surface area contributed by atoms with Crippen molar-refractivity contribution < 1.29 is 9.32 Å². The van der Waals surface area contributed by atoms with E-state index in [9.17, 15) is 4.79 Å². The lowest BCUT2D eigenvalue weighted by Gasteiger charge is -2.08. The van der Waals surface area contributed by atoms with E-state index in [4.69, 9.17) is 4.52 Å². The number of nitrogens with one attached hydrogen (secondary N) is 1. The minimum atomic E-state index is -0.196. The Kier molecular flexibility index (Phi) is 4.03. The third-order valence-electron chi connectivity index (χ3n) is 3.81. The average Bonchev–Trinajstić information content (AvgIpc) is 3.34. The van der Waals surface area contributed by atoms with Crippen LogP contribution in [0.5, 0.6) is 0 Å². The first-order valence-electron chi connectivity index (χ1n) is 8.01. The number of carbonyl (C=O) groups excluding carboxylic acids is 1. The summed E-state index contributed by atoms with van der Waals surface area (Å²) in [4.78, 5) is 16.7. The number of aromatic nitrogens is 4. The van der Waals surface area contributed by atoms with Crippen molar-refractivity contribution in [2.75, 3.05) is 5.32 Å². The first kappa shape index (κ1) is 15.8. The van der Waals surface area contributed by atoms with E-state index in [1.807, 2.05) is 36.5 Å². The minimum absolute atomic E-state index is 0.196. The van der Waals surface area contributed by atoms with Gasteiger partial charge in [0.05, 0.1) is 5.69 Å².